The average molecular weight is 367 g/mol. The van der Waals surface area contributed by atoms with Gasteiger partial charge in [0, 0.05) is 18.2 Å². The second-order valence-corrected chi connectivity index (χ2v) is 6.92. The van der Waals surface area contributed by atoms with Gasteiger partial charge in [0.2, 0.25) is 5.91 Å². The minimum absolute atomic E-state index is 0.0801. The first-order valence-corrected chi connectivity index (χ1v) is 9.33. The topological polar surface area (TPSA) is 110 Å². The molecule has 8 nitrogen and oxygen atoms in total. The lowest BCUT2D eigenvalue weighted by Crippen LogP contribution is -2.39. The van der Waals surface area contributed by atoms with E-state index in [1.54, 1.807) is 25.1 Å². The van der Waals surface area contributed by atoms with Gasteiger partial charge < -0.3 is 5.32 Å². The molecule has 0 bridgehead atoms. The van der Waals surface area contributed by atoms with E-state index in [4.69, 9.17) is 0 Å². The van der Waals surface area contributed by atoms with Crippen molar-refractivity contribution in [1.29, 1.82) is 0 Å². The lowest BCUT2D eigenvalue weighted by molar-refractivity contribution is -0.115. The van der Waals surface area contributed by atoms with Crippen molar-refractivity contribution in [3.05, 3.63) is 39.0 Å². The molecule has 0 radical (unpaired) electrons. The van der Waals surface area contributed by atoms with E-state index in [9.17, 15) is 14.4 Å². The Hall–Kier alpha value is -3.03. The number of nitrogens with one attached hydrogen (secondary N) is 2. The van der Waals surface area contributed by atoms with E-state index in [2.05, 4.69) is 20.3 Å². The largest absolute Gasteiger partial charge is 0.330 e. The number of aromatic nitrogens is 4. The number of hydrogen-bond donors (Lipinski definition) is 2. The number of H-pyrrole nitrogens is 1. The van der Waals surface area contributed by atoms with Crippen LogP contribution in [0.2, 0.25) is 0 Å². The van der Waals surface area contributed by atoms with E-state index in [1.165, 1.54) is 4.57 Å². The zero-order valence-corrected chi connectivity index (χ0v) is 15.1. The monoisotopic (exact) mass is 367 g/mol. The first kappa shape index (κ1) is 17.4. The third kappa shape index (κ3) is 3.22. The Kier molecular flexibility index (Phi) is 4.47. The number of rotatable bonds is 3. The number of fused-ring (bicyclic) bond motifs is 2. The van der Waals surface area contributed by atoms with Crippen molar-refractivity contribution in [3.8, 4) is 0 Å². The molecule has 1 aliphatic carbocycles. The fraction of sp³-hybridized carbons (Fsp3) is 0.421. The number of aromatic amines is 1. The van der Waals surface area contributed by atoms with Gasteiger partial charge in [0.05, 0.1) is 11.0 Å². The Labute approximate surface area is 154 Å². The van der Waals surface area contributed by atoms with Gasteiger partial charge in [-0.25, -0.2) is 14.8 Å². The number of nitrogens with zero attached hydrogens (tertiary/aromatic N) is 3. The summed E-state index contributed by atoms with van der Waals surface area (Å²) in [5, 5.41) is 2.76. The van der Waals surface area contributed by atoms with Crippen molar-refractivity contribution in [2.45, 2.75) is 51.5 Å². The molecule has 1 fully saturated rings. The molecule has 0 spiro atoms. The summed E-state index contributed by atoms with van der Waals surface area (Å²) in [5.74, 6) is -0.105. The number of carbonyl (C=O) groups excluding carboxylic acids is 1. The van der Waals surface area contributed by atoms with Gasteiger partial charge in [0.25, 0.3) is 5.56 Å². The van der Waals surface area contributed by atoms with Gasteiger partial charge in [0.15, 0.2) is 11.2 Å². The maximum atomic E-state index is 12.9. The predicted octanol–water partition coefficient (Wildman–Crippen LogP) is 2.49. The fourth-order valence-corrected chi connectivity index (χ4v) is 3.66. The van der Waals surface area contributed by atoms with Crippen molar-refractivity contribution < 1.29 is 4.79 Å². The zero-order chi connectivity index (χ0) is 19.0. The lowest BCUT2D eigenvalue weighted by Gasteiger charge is -2.22. The summed E-state index contributed by atoms with van der Waals surface area (Å²) in [4.78, 5) is 48.6. The van der Waals surface area contributed by atoms with E-state index < -0.39 is 11.2 Å². The first-order valence-electron chi connectivity index (χ1n) is 9.33. The first-order chi connectivity index (χ1) is 13.1. The van der Waals surface area contributed by atoms with Crippen LogP contribution in [0.25, 0.3) is 22.2 Å². The molecular weight excluding hydrogens is 346 g/mol. The highest BCUT2D eigenvalue weighted by Gasteiger charge is 2.21. The van der Waals surface area contributed by atoms with Crippen LogP contribution in [-0.4, -0.2) is 25.4 Å². The van der Waals surface area contributed by atoms with E-state index in [1.807, 2.05) is 0 Å². The van der Waals surface area contributed by atoms with Crippen LogP contribution in [0.1, 0.15) is 51.5 Å². The maximum Gasteiger partial charge on any atom is 0.330 e. The van der Waals surface area contributed by atoms with Gasteiger partial charge in [-0.1, -0.05) is 26.2 Å². The molecule has 0 saturated heterocycles. The summed E-state index contributed by atoms with van der Waals surface area (Å²) >= 11 is 0. The van der Waals surface area contributed by atoms with Crippen molar-refractivity contribution in [2.75, 3.05) is 5.32 Å². The summed E-state index contributed by atoms with van der Waals surface area (Å²) in [5.41, 5.74) is 1.14. The van der Waals surface area contributed by atoms with Gasteiger partial charge in [-0.3, -0.25) is 19.1 Å². The van der Waals surface area contributed by atoms with E-state index >= 15 is 0 Å². The highest BCUT2D eigenvalue weighted by atomic mass is 16.2. The normalized spacial score (nSPS) is 15.3. The third-order valence-electron chi connectivity index (χ3n) is 5.07. The lowest BCUT2D eigenvalue weighted by atomic mass is 9.95. The number of amides is 1. The van der Waals surface area contributed by atoms with Crippen LogP contribution in [0.4, 0.5) is 5.69 Å². The van der Waals surface area contributed by atoms with Crippen LogP contribution in [0.3, 0.4) is 0 Å². The van der Waals surface area contributed by atoms with Gasteiger partial charge in [0.1, 0.15) is 0 Å². The van der Waals surface area contributed by atoms with Crippen LogP contribution >= 0.6 is 0 Å². The molecule has 4 rings (SSSR count). The third-order valence-corrected chi connectivity index (χ3v) is 5.07. The highest BCUT2D eigenvalue weighted by Crippen LogP contribution is 2.26. The Morgan fingerprint density at radius 1 is 1.19 bits per heavy atom. The maximum absolute atomic E-state index is 12.9. The molecule has 1 aromatic carbocycles. The SMILES string of the molecule is CCC(=O)Nc1ccc2nc3c(=O)n(C4CCCCC4)c(=O)[nH]c3nc2c1. The van der Waals surface area contributed by atoms with Crippen LogP contribution in [0.15, 0.2) is 27.8 Å². The molecule has 2 aromatic heterocycles. The van der Waals surface area contributed by atoms with Crippen molar-refractivity contribution in [1.82, 2.24) is 19.5 Å². The Morgan fingerprint density at radius 2 is 1.96 bits per heavy atom. The predicted molar refractivity (Wildman–Crippen MR) is 103 cm³/mol. The molecule has 0 unspecified atom stereocenters. The molecule has 1 saturated carbocycles. The average Bonchev–Trinajstić information content (AvgIpc) is 2.67. The zero-order valence-electron chi connectivity index (χ0n) is 15.1. The second-order valence-electron chi connectivity index (χ2n) is 6.92. The Balaban J connectivity index is 1.84. The number of benzene rings is 1. The van der Waals surface area contributed by atoms with Gasteiger partial charge in [-0.2, -0.15) is 0 Å². The fourth-order valence-electron chi connectivity index (χ4n) is 3.66. The van der Waals surface area contributed by atoms with Crippen LogP contribution in [0.5, 0.6) is 0 Å². The molecule has 2 heterocycles. The van der Waals surface area contributed by atoms with E-state index in [0.29, 0.717) is 23.1 Å². The molecule has 3 aromatic rings. The quantitative estimate of drug-likeness (QED) is 0.691. The van der Waals surface area contributed by atoms with Crippen LogP contribution in [-0.2, 0) is 4.79 Å². The second kappa shape index (κ2) is 6.94. The van der Waals surface area contributed by atoms with Crippen molar-refractivity contribution in [3.63, 3.8) is 0 Å². The Bertz CT molecular complexity index is 1140. The summed E-state index contributed by atoms with van der Waals surface area (Å²) in [6.45, 7) is 1.77. The molecule has 0 atom stereocenters. The number of hydrogen-bond acceptors (Lipinski definition) is 5. The van der Waals surface area contributed by atoms with Crippen molar-refractivity contribution in [2.24, 2.45) is 0 Å². The molecule has 2 N–H and O–H groups in total. The van der Waals surface area contributed by atoms with Gasteiger partial charge in [-0.15, -0.1) is 0 Å². The van der Waals surface area contributed by atoms with Gasteiger partial charge in [-0.05, 0) is 31.0 Å². The minimum Gasteiger partial charge on any atom is -0.326 e. The smallest absolute Gasteiger partial charge is 0.326 e. The molecule has 8 heteroatoms. The van der Waals surface area contributed by atoms with E-state index in [0.717, 1.165) is 32.1 Å². The summed E-state index contributed by atoms with van der Waals surface area (Å²) in [7, 11) is 0. The molecule has 27 heavy (non-hydrogen) atoms. The number of anilines is 1. The summed E-state index contributed by atoms with van der Waals surface area (Å²) in [6, 6.07) is 5.04. The van der Waals surface area contributed by atoms with Crippen molar-refractivity contribution >= 4 is 33.8 Å². The molecule has 140 valence electrons. The van der Waals surface area contributed by atoms with Crippen LogP contribution in [0, 0.1) is 0 Å². The molecular formula is C19H21N5O3. The number of carbonyl (C=O) groups is 1. The molecule has 1 amide bonds. The minimum atomic E-state index is -0.441. The molecule has 0 aliphatic heterocycles. The van der Waals surface area contributed by atoms with Crippen LogP contribution < -0.4 is 16.6 Å². The van der Waals surface area contributed by atoms with E-state index in [-0.39, 0.29) is 23.1 Å². The standard InChI is InChI=1S/C19H21N5O3/c1-2-15(25)20-11-8-9-13-14(10-11)22-17-16(21-13)18(26)24(19(27)23-17)12-6-4-3-5-7-12/h8-10,12H,2-7H2,1H3,(H,20,25)(H,22,23,27). The summed E-state index contributed by atoms with van der Waals surface area (Å²) < 4.78 is 1.30. The molecule has 1 aliphatic rings. The van der Waals surface area contributed by atoms with Gasteiger partial charge >= 0.3 is 5.69 Å². The highest BCUT2D eigenvalue weighted by molar-refractivity contribution is 5.93. The Morgan fingerprint density at radius 3 is 2.70 bits per heavy atom. The summed E-state index contributed by atoms with van der Waals surface area (Å²) in [6.07, 6.45) is 5.20.